The first-order valence-corrected chi connectivity index (χ1v) is 9.82. The van der Waals surface area contributed by atoms with Gasteiger partial charge < -0.3 is 9.67 Å². The number of nitrogens with zero attached hydrogens (tertiary/aromatic N) is 2. The quantitative estimate of drug-likeness (QED) is 0.571. The first-order chi connectivity index (χ1) is 13.0. The maximum absolute atomic E-state index is 12.1. The Balaban J connectivity index is 1.65. The van der Waals surface area contributed by atoms with E-state index in [1.165, 1.54) is 61.7 Å². The zero-order valence-corrected chi connectivity index (χ0v) is 16.6. The Kier molecular flexibility index (Phi) is 6.22. The van der Waals surface area contributed by atoms with Gasteiger partial charge in [-0.3, -0.25) is 4.79 Å². The predicted molar refractivity (Wildman–Crippen MR) is 109 cm³/mol. The molecule has 1 aromatic carbocycles. The van der Waals surface area contributed by atoms with E-state index in [1.807, 2.05) is 0 Å². The average Bonchev–Trinajstić information content (AvgIpc) is 2.92. The number of halogens is 1. The van der Waals surface area contributed by atoms with Gasteiger partial charge in [0.15, 0.2) is 0 Å². The fraction of sp³-hybridized carbons (Fsp3) is 0.429. The number of carbonyl (C=O) groups is 1. The smallest absolute Gasteiger partial charge is 0.271 e. The van der Waals surface area contributed by atoms with Crippen LogP contribution in [0.5, 0.6) is 5.75 Å². The molecule has 0 atom stereocenters. The van der Waals surface area contributed by atoms with Crippen molar-refractivity contribution in [3.05, 3.63) is 51.8 Å². The van der Waals surface area contributed by atoms with E-state index in [9.17, 15) is 9.90 Å². The highest BCUT2D eigenvalue weighted by Gasteiger charge is 2.17. The third kappa shape index (κ3) is 4.72. The minimum absolute atomic E-state index is 0.0536. The van der Waals surface area contributed by atoms with Gasteiger partial charge in [-0.15, -0.1) is 0 Å². The van der Waals surface area contributed by atoms with E-state index in [4.69, 9.17) is 11.6 Å². The van der Waals surface area contributed by atoms with Crippen LogP contribution >= 0.6 is 11.6 Å². The van der Waals surface area contributed by atoms with Crippen LogP contribution in [0, 0.1) is 19.8 Å². The van der Waals surface area contributed by atoms with Gasteiger partial charge in [0.2, 0.25) is 0 Å². The Morgan fingerprint density at radius 2 is 2.04 bits per heavy atom. The van der Waals surface area contributed by atoms with Crippen molar-refractivity contribution in [2.75, 3.05) is 0 Å². The van der Waals surface area contributed by atoms with E-state index in [0.29, 0.717) is 5.56 Å². The molecule has 27 heavy (non-hydrogen) atoms. The number of hydrazone groups is 1. The second-order valence-electron chi connectivity index (χ2n) is 7.31. The molecule has 1 fully saturated rings. The predicted octanol–water partition coefficient (Wildman–Crippen LogP) is 4.81. The number of rotatable bonds is 5. The topological polar surface area (TPSA) is 66.6 Å². The van der Waals surface area contributed by atoms with Crippen LogP contribution in [0.2, 0.25) is 5.02 Å². The van der Waals surface area contributed by atoms with Gasteiger partial charge in [-0.25, -0.2) is 5.43 Å². The van der Waals surface area contributed by atoms with Gasteiger partial charge in [0, 0.05) is 29.1 Å². The molecule has 2 N–H and O–H groups in total. The first-order valence-electron chi connectivity index (χ1n) is 9.44. The lowest BCUT2D eigenvalue weighted by Gasteiger charge is -2.23. The summed E-state index contributed by atoms with van der Waals surface area (Å²) in [7, 11) is 0. The van der Waals surface area contributed by atoms with Gasteiger partial charge in [0.25, 0.3) is 5.91 Å². The van der Waals surface area contributed by atoms with Crippen LogP contribution in [0.25, 0.3) is 0 Å². The van der Waals surface area contributed by atoms with Gasteiger partial charge in [0.1, 0.15) is 5.75 Å². The van der Waals surface area contributed by atoms with Crippen molar-refractivity contribution in [1.29, 1.82) is 0 Å². The van der Waals surface area contributed by atoms with Gasteiger partial charge in [-0.05, 0) is 56.9 Å². The van der Waals surface area contributed by atoms with Gasteiger partial charge in [-0.1, -0.05) is 30.9 Å². The Bertz CT molecular complexity index is 851. The molecule has 144 valence electrons. The SMILES string of the molecule is Cc1cc(C=NNC(=O)c2ccc(O)c(Cl)c2)c(C)n1CC1CCCCC1. The minimum Gasteiger partial charge on any atom is -0.506 e. The van der Waals surface area contributed by atoms with Crippen molar-refractivity contribution in [2.45, 2.75) is 52.5 Å². The lowest BCUT2D eigenvalue weighted by Crippen LogP contribution is -2.17. The number of phenolic OH excluding ortho intramolecular Hbond substituents is 1. The van der Waals surface area contributed by atoms with Crippen LogP contribution in [0.4, 0.5) is 0 Å². The highest BCUT2D eigenvalue weighted by atomic mass is 35.5. The summed E-state index contributed by atoms with van der Waals surface area (Å²) in [4.78, 5) is 12.1. The van der Waals surface area contributed by atoms with Crippen molar-refractivity contribution in [1.82, 2.24) is 9.99 Å². The van der Waals surface area contributed by atoms with Gasteiger partial charge in [-0.2, -0.15) is 5.10 Å². The standard InChI is InChI=1S/C21H26ClN3O2/c1-14-10-18(15(2)25(14)13-16-6-4-3-5-7-16)12-23-24-21(27)17-8-9-20(26)19(22)11-17/h8-12,16,26H,3-7,13H2,1-2H3,(H,24,27). The molecule has 1 saturated carbocycles. The summed E-state index contributed by atoms with van der Waals surface area (Å²) in [6.07, 6.45) is 8.35. The van der Waals surface area contributed by atoms with Crippen molar-refractivity contribution in [3.8, 4) is 5.75 Å². The van der Waals surface area contributed by atoms with E-state index in [0.717, 1.165) is 18.0 Å². The molecule has 1 aliphatic rings. The number of aryl methyl sites for hydroxylation is 1. The molecule has 0 bridgehead atoms. The number of aromatic hydroxyl groups is 1. The van der Waals surface area contributed by atoms with Crippen molar-refractivity contribution in [2.24, 2.45) is 11.0 Å². The molecular weight excluding hydrogens is 362 g/mol. The number of aromatic nitrogens is 1. The highest BCUT2D eigenvalue weighted by Crippen LogP contribution is 2.27. The molecule has 0 radical (unpaired) electrons. The summed E-state index contributed by atoms with van der Waals surface area (Å²) >= 11 is 5.84. The number of hydrogen-bond acceptors (Lipinski definition) is 3. The zero-order valence-electron chi connectivity index (χ0n) is 15.8. The Labute approximate surface area is 165 Å². The largest absolute Gasteiger partial charge is 0.506 e. The van der Waals surface area contributed by atoms with Gasteiger partial charge >= 0.3 is 0 Å². The maximum atomic E-state index is 12.1. The van der Waals surface area contributed by atoms with Crippen LogP contribution in [-0.4, -0.2) is 21.8 Å². The molecule has 0 spiro atoms. The molecule has 5 nitrogen and oxygen atoms in total. The summed E-state index contributed by atoms with van der Waals surface area (Å²) in [5.41, 5.74) is 6.25. The third-order valence-corrected chi connectivity index (χ3v) is 5.66. The lowest BCUT2D eigenvalue weighted by atomic mass is 9.89. The van der Waals surface area contributed by atoms with Crippen LogP contribution in [0.15, 0.2) is 29.4 Å². The monoisotopic (exact) mass is 387 g/mol. The summed E-state index contributed by atoms with van der Waals surface area (Å²) < 4.78 is 2.36. The number of benzene rings is 1. The van der Waals surface area contributed by atoms with E-state index >= 15 is 0 Å². The summed E-state index contributed by atoms with van der Waals surface area (Å²) in [6, 6.07) is 6.41. The van der Waals surface area contributed by atoms with E-state index in [1.54, 1.807) is 6.21 Å². The first kappa shape index (κ1) is 19.5. The second-order valence-corrected chi connectivity index (χ2v) is 7.71. The summed E-state index contributed by atoms with van der Waals surface area (Å²) in [5, 5.41) is 13.7. The molecule has 1 aliphatic carbocycles. The highest BCUT2D eigenvalue weighted by molar-refractivity contribution is 6.32. The Morgan fingerprint density at radius 1 is 1.30 bits per heavy atom. The summed E-state index contributed by atoms with van der Waals surface area (Å²) in [6.45, 7) is 5.27. The van der Waals surface area contributed by atoms with Crippen LogP contribution < -0.4 is 5.43 Å². The number of carbonyl (C=O) groups excluding carboxylic acids is 1. The molecule has 2 aromatic rings. The molecule has 1 aromatic heterocycles. The Hall–Kier alpha value is -2.27. The minimum atomic E-state index is -0.371. The Morgan fingerprint density at radius 3 is 2.74 bits per heavy atom. The molecular formula is C21H26ClN3O2. The summed E-state index contributed by atoms with van der Waals surface area (Å²) in [5.74, 6) is 0.332. The number of hydrogen-bond donors (Lipinski definition) is 2. The lowest BCUT2D eigenvalue weighted by molar-refractivity contribution is 0.0955. The fourth-order valence-corrected chi connectivity index (χ4v) is 3.92. The van der Waals surface area contributed by atoms with Crippen molar-refractivity contribution in [3.63, 3.8) is 0 Å². The van der Waals surface area contributed by atoms with E-state index in [2.05, 4.69) is 35.0 Å². The maximum Gasteiger partial charge on any atom is 0.271 e. The fourth-order valence-electron chi connectivity index (χ4n) is 3.74. The van der Waals surface area contributed by atoms with Crippen LogP contribution in [0.1, 0.15) is 59.4 Å². The van der Waals surface area contributed by atoms with E-state index < -0.39 is 0 Å². The molecule has 0 aliphatic heterocycles. The molecule has 3 rings (SSSR count). The van der Waals surface area contributed by atoms with Gasteiger partial charge in [0.05, 0.1) is 11.2 Å². The molecule has 1 amide bonds. The average molecular weight is 388 g/mol. The molecule has 6 heteroatoms. The number of phenols is 1. The van der Waals surface area contributed by atoms with Crippen LogP contribution in [-0.2, 0) is 6.54 Å². The number of nitrogens with one attached hydrogen (secondary N) is 1. The second kappa shape index (κ2) is 8.61. The third-order valence-electron chi connectivity index (χ3n) is 5.36. The molecule has 0 unspecified atom stereocenters. The number of amides is 1. The van der Waals surface area contributed by atoms with Crippen molar-refractivity contribution < 1.29 is 9.90 Å². The van der Waals surface area contributed by atoms with E-state index in [-0.39, 0.29) is 16.7 Å². The zero-order chi connectivity index (χ0) is 19.4. The van der Waals surface area contributed by atoms with Crippen molar-refractivity contribution >= 4 is 23.7 Å². The van der Waals surface area contributed by atoms with Crippen LogP contribution in [0.3, 0.4) is 0 Å². The normalized spacial score (nSPS) is 15.4. The molecule has 0 saturated heterocycles. The molecule has 1 heterocycles.